The maximum Gasteiger partial charge on any atom is -0.0266 e. The maximum absolute atomic E-state index is 2.49. The van der Waals surface area contributed by atoms with Gasteiger partial charge in [0, 0.05) is 0 Å². The van der Waals surface area contributed by atoms with Crippen molar-refractivity contribution in [2.75, 3.05) is 0 Å². The van der Waals surface area contributed by atoms with E-state index in [0.717, 1.165) is 29.6 Å². The van der Waals surface area contributed by atoms with Gasteiger partial charge >= 0.3 is 0 Å². The van der Waals surface area contributed by atoms with Crippen molar-refractivity contribution in [2.24, 2.45) is 35.0 Å². The van der Waals surface area contributed by atoms with Gasteiger partial charge in [-0.05, 0) is 41.4 Å². The van der Waals surface area contributed by atoms with Crippen LogP contribution in [0.15, 0.2) is 0 Å². The lowest BCUT2D eigenvalue weighted by atomic mass is 9.96. The normalized spacial score (nSPS) is 63.2. The molecule has 0 aromatic heterocycles. The zero-order valence-electron chi connectivity index (χ0n) is 9.09. The SMILES string of the molecule is CC1C(C)C1CC1(C)C(C)C1C. The number of hydrogen-bond acceptors (Lipinski definition) is 0. The summed E-state index contributed by atoms with van der Waals surface area (Å²) in [4.78, 5) is 0. The molecule has 0 aromatic rings. The first-order chi connectivity index (χ1) is 5.48. The summed E-state index contributed by atoms with van der Waals surface area (Å²) >= 11 is 0. The van der Waals surface area contributed by atoms with Crippen molar-refractivity contribution in [3.63, 3.8) is 0 Å². The Morgan fingerprint density at radius 2 is 1.33 bits per heavy atom. The average Bonchev–Trinajstić information content (AvgIpc) is 2.73. The molecule has 0 bridgehead atoms. The van der Waals surface area contributed by atoms with E-state index in [1.165, 1.54) is 6.42 Å². The Balaban J connectivity index is 1.90. The van der Waals surface area contributed by atoms with E-state index in [9.17, 15) is 0 Å². The van der Waals surface area contributed by atoms with E-state index >= 15 is 0 Å². The molecule has 70 valence electrons. The molecule has 0 spiro atoms. The summed E-state index contributed by atoms with van der Waals surface area (Å²) in [6, 6.07) is 0. The summed E-state index contributed by atoms with van der Waals surface area (Å²) in [7, 11) is 0. The molecule has 4 atom stereocenters. The van der Waals surface area contributed by atoms with Gasteiger partial charge in [0.2, 0.25) is 0 Å². The van der Waals surface area contributed by atoms with E-state index in [2.05, 4.69) is 34.6 Å². The molecule has 2 rings (SSSR count). The zero-order chi connectivity index (χ0) is 9.09. The van der Waals surface area contributed by atoms with Gasteiger partial charge in [-0.25, -0.2) is 0 Å². The predicted molar refractivity (Wildman–Crippen MR) is 52.9 cm³/mol. The Morgan fingerprint density at radius 1 is 0.917 bits per heavy atom. The molecule has 2 aliphatic carbocycles. The molecule has 2 saturated carbocycles. The molecule has 0 heterocycles. The van der Waals surface area contributed by atoms with Crippen molar-refractivity contribution >= 4 is 0 Å². The second kappa shape index (κ2) is 2.27. The van der Waals surface area contributed by atoms with Gasteiger partial charge in [0.1, 0.15) is 0 Å². The first-order valence-electron chi connectivity index (χ1n) is 5.48. The highest BCUT2D eigenvalue weighted by Gasteiger charge is 2.59. The van der Waals surface area contributed by atoms with E-state index in [1.54, 1.807) is 0 Å². The predicted octanol–water partition coefficient (Wildman–Crippen LogP) is 3.57. The van der Waals surface area contributed by atoms with Crippen molar-refractivity contribution in [3.8, 4) is 0 Å². The van der Waals surface area contributed by atoms with Gasteiger partial charge in [0.25, 0.3) is 0 Å². The molecular weight excluding hydrogens is 144 g/mol. The molecule has 0 aromatic carbocycles. The van der Waals surface area contributed by atoms with Crippen LogP contribution in [0, 0.1) is 35.0 Å². The van der Waals surface area contributed by atoms with Crippen LogP contribution in [-0.2, 0) is 0 Å². The van der Waals surface area contributed by atoms with Crippen LogP contribution < -0.4 is 0 Å². The molecule has 0 amide bonds. The summed E-state index contributed by atoms with van der Waals surface area (Å²) in [5.41, 5.74) is 0.712. The van der Waals surface area contributed by atoms with E-state index in [-0.39, 0.29) is 0 Å². The first kappa shape index (κ1) is 8.59. The fourth-order valence-corrected chi connectivity index (χ4v) is 3.09. The molecule has 0 aliphatic heterocycles. The van der Waals surface area contributed by atoms with Gasteiger partial charge in [-0.1, -0.05) is 34.6 Å². The fourth-order valence-electron chi connectivity index (χ4n) is 3.09. The van der Waals surface area contributed by atoms with Crippen molar-refractivity contribution in [2.45, 2.75) is 41.0 Å². The summed E-state index contributed by atoms with van der Waals surface area (Å²) in [5, 5.41) is 0. The maximum atomic E-state index is 2.49. The minimum Gasteiger partial charge on any atom is -0.0620 e. The largest absolute Gasteiger partial charge is 0.0620 e. The van der Waals surface area contributed by atoms with Crippen molar-refractivity contribution in [1.82, 2.24) is 0 Å². The highest BCUT2D eigenvalue weighted by atomic mass is 14.6. The standard InChI is InChI=1S/C12H22/c1-7-8(2)11(7)6-12(5)9(3)10(12)4/h7-11H,6H2,1-5H3. The minimum atomic E-state index is 0.712. The van der Waals surface area contributed by atoms with Crippen LogP contribution in [0.5, 0.6) is 0 Å². The summed E-state index contributed by atoms with van der Waals surface area (Å²) in [6.07, 6.45) is 1.50. The molecule has 0 N–H and O–H groups in total. The molecule has 2 fully saturated rings. The topological polar surface area (TPSA) is 0 Å². The van der Waals surface area contributed by atoms with Crippen LogP contribution in [0.3, 0.4) is 0 Å². The lowest BCUT2D eigenvalue weighted by Gasteiger charge is -2.09. The van der Waals surface area contributed by atoms with Crippen LogP contribution in [0.1, 0.15) is 41.0 Å². The van der Waals surface area contributed by atoms with E-state index in [0.29, 0.717) is 5.41 Å². The first-order valence-corrected chi connectivity index (χ1v) is 5.48. The Bertz CT molecular complexity index is 178. The lowest BCUT2D eigenvalue weighted by molar-refractivity contribution is 0.404. The average molecular weight is 166 g/mol. The molecule has 12 heavy (non-hydrogen) atoms. The lowest BCUT2D eigenvalue weighted by Crippen LogP contribution is -2.00. The quantitative estimate of drug-likeness (QED) is 0.588. The van der Waals surface area contributed by atoms with E-state index in [4.69, 9.17) is 0 Å². The van der Waals surface area contributed by atoms with E-state index < -0.39 is 0 Å². The van der Waals surface area contributed by atoms with Crippen LogP contribution in [0.25, 0.3) is 0 Å². The zero-order valence-corrected chi connectivity index (χ0v) is 9.09. The second-order valence-corrected chi connectivity index (χ2v) is 5.67. The minimum absolute atomic E-state index is 0.712. The third-order valence-corrected chi connectivity index (χ3v) is 5.44. The van der Waals surface area contributed by atoms with Crippen molar-refractivity contribution in [1.29, 1.82) is 0 Å². The summed E-state index contributed by atoms with van der Waals surface area (Å²) in [6.45, 7) is 12.2. The smallest absolute Gasteiger partial charge is 0.0266 e. The van der Waals surface area contributed by atoms with Crippen molar-refractivity contribution < 1.29 is 0 Å². The van der Waals surface area contributed by atoms with Gasteiger partial charge < -0.3 is 0 Å². The van der Waals surface area contributed by atoms with Gasteiger partial charge in [-0.2, -0.15) is 0 Å². The molecule has 0 nitrogen and oxygen atoms in total. The van der Waals surface area contributed by atoms with Gasteiger partial charge in [-0.3, -0.25) is 0 Å². The summed E-state index contributed by atoms with van der Waals surface area (Å²) < 4.78 is 0. The third kappa shape index (κ3) is 0.963. The van der Waals surface area contributed by atoms with Gasteiger partial charge in [0.05, 0.1) is 0 Å². The highest BCUT2D eigenvalue weighted by Crippen LogP contribution is 2.65. The highest BCUT2D eigenvalue weighted by molar-refractivity contribution is 5.07. The molecule has 0 radical (unpaired) electrons. The Kier molecular flexibility index (Phi) is 1.63. The van der Waals surface area contributed by atoms with Crippen LogP contribution >= 0.6 is 0 Å². The van der Waals surface area contributed by atoms with Gasteiger partial charge in [-0.15, -0.1) is 0 Å². The van der Waals surface area contributed by atoms with Crippen LogP contribution in [0.4, 0.5) is 0 Å². The monoisotopic (exact) mass is 166 g/mol. The molecule has 0 saturated heterocycles. The summed E-state index contributed by atoms with van der Waals surface area (Å²) in [5.74, 6) is 5.06. The van der Waals surface area contributed by atoms with Crippen molar-refractivity contribution in [3.05, 3.63) is 0 Å². The second-order valence-electron chi connectivity index (χ2n) is 5.67. The van der Waals surface area contributed by atoms with Crippen LogP contribution in [0.2, 0.25) is 0 Å². The van der Waals surface area contributed by atoms with Gasteiger partial charge in [0.15, 0.2) is 0 Å². The van der Waals surface area contributed by atoms with E-state index in [1.807, 2.05) is 0 Å². The Hall–Kier alpha value is 0. The molecule has 4 unspecified atom stereocenters. The Morgan fingerprint density at radius 3 is 1.58 bits per heavy atom. The molecule has 0 heteroatoms. The fraction of sp³-hybridized carbons (Fsp3) is 1.00. The third-order valence-electron chi connectivity index (χ3n) is 5.44. The molecule has 2 aliphatic rings. The number of rotatable bonds is 2. The molecular formula is C12H22. The van der Waals surface area contributed by atoms with Crippen LogP contribution in [-0.4, -0.2) is 0 Å². The Labute approximate surface area is 76.7 Å². The number of hydrogen-bond donors (Lipinski definition) is 0.